The normalized spacial score (nSPS) is 14.0. The highest BCUT2D eigenvalue weighted by Gasteiger charge is 2.40. The summed E-state index contributed by atoms with van der Waals surface area (Å²) < 4.78 is 71.9. The van der Waals surface area contributed by atoms with Crippen molar-refractivity contribution >= 4 is 17.1 Å². The molecule has 0 saturated carbocycles. The molecule has 0 bridgehead atoms. The smallest absolute Gasteiger partial charge is 0.438 e. The van der Waals surface area contributed by atoms with E-state index < -0.39 is 34.6 Å². The van der Waals surface area contributed by atoms with Gasteiger partial charge in [0.1, 0.15) is 17.8 Å². The highest BCUT2D eigenvalue weighted by Crippen LogP contribution is 2.27. The fraction of sp³-hybridized carbons (Fsp3) is 0.533. The van der Waals surface area contributed by atoms with Crippen LogP contribution in [0.4, 0.5) is 17.6 Å². The number of ether oxygens (including phenoxy) is 1. The number of hydrogen-bond donors (Lipinski definition) is 0. The molecule has 0 spiro atoms. The fourth-order valence-corrected chi connectivity index (χ4v) is 2.34. The number of unbranched alkanes of at least 4 members (excludes halogenated alkanes) is 3. The Bertz CT molecular complexity index is 533. The van der Waals surface area contributed by atoms with Crippen molar-refractivity contribution < 1.29 is 26.9 Å². The van der Waals surface area contributed by atoms with Crippen LogP contribution in [0.15, 0.2) is 22.6 Å². The summed E-state index contributed by atoms with van der Waals surface area (Å²) in [6, 6.07) is 3.07. The van der Waals surface area contributed by atoms with Crippen LogP contribution in [0.1, 0.15) is 38.2 Å². The first-order valence-corrected chi connectivity index (χ1v) is 8.69. The number of benzene rings is 1. The van der Waals surface area contributed by atoms with E-state index in [1.165, 1.54) is 6.07 Å². The summed E-state index contributed by atoms with van der Waals surface area (Å²) >= 11 is -2.09. The molecule has 0 aromatic heterocycles. The molecule has 0 aliphatic heterocycles. The topological polar surface area (TPSA) is 44.6 Å². The lowest BCUT2D eigenvalue weighted by Gasteiger charge is -2.12. The van der Waals surface area contributed by atoms with Gasteiger partial charge in [-0.25, -0.2) is 4.39 Å². The Morgan fingerprint density at radius 3 is 2.48 bits per heavy atom. The number of halogens is 4. The zero-order valence-electron chi connectivity index (χ0n) is 13.0. The lowest BCUT2D eigenvalue weighted by atomic mass is 10.1. The van der Waals surface area contributed by atoms with Gasteiger partial charge in [-0.1, -0.05) is 30.6 Å². The highest BCUT2D eigenvalue weighted by atomic mass is 32.2. The van der Waals surface area contributed by atoms with Gasteiger partial charge in [0.25, 0.3) is 0 Å². The largest absolute Gasteiger partial charge is 0.591 e. The van der Waals surface area contributed by atoms with Crippen LogP contribution >= 0.6 is 0 Å². The molecule has 0 radical (unpaired) electrons. The van der Waals surface area contributed by atoms with Crippen LogP contribution in [-0.2, 0) is 11.4 Å². The standard InChI is InChI=1S/C15H19F4NO2S/c1-3-4-5-6-9-22-11-7-8-12(13(16)10-11)14(15(17,18)19)20-23(2)21/h7-8,10H,3-6,9H2,1-2H3. The lowest BCUT2D eigenvalue weighted by Crippen LogP contribution is -2.26. The predicted molar refractivity (Wildman–Crippen MR) is 82.7 cm³/mol. The van der Waals surface area contributed by atoms with E-state index in [0.717, 1.165) is 44.1 Å². The number of hydrogen-bond acceptors (Lipinski definition) is 3. The maximum atomic E-state index is 14.0. The van der Waals surface area contributed by atoms with Crippen molar-refractivity contribution in [3.05, 3.63) is 29.6 Å². The first-order chi connectivity index (χ1) is 10.8. The van der Waals surface area contributed by atoms with E-state index in [-0.39, 0.29) is 5.75 Å². The second kappa shape index (κ2) is 9.12. The summed E-state index contributed by atoms with van der Waals surface area (Å²) in [6.45, 7) is 2.44. The molecule has 1 atom stereocenters. The minimum Gasteiger partial charge on any atom is -0.591 e. The maximum Gasteiger partial charge on any atom is 0.438 e. The van der Waals surface area contributed by atoms with Crippen molar-refractivity contribution in [2.45, 2.75) is 38.8 Å². The molecule has 0 fully saturated rings. The minimum atomic E-state index is -4.89. The number of alkyl halides is 3. The monoisotopic (exact) mass is 353 g/mol. The third-order valence-electron chi connectivity index (χ3n) is 2.95. The summed E-state index contributed by atoms with van der Waals surface area (Å²) in [5.74, 6) is -0.959. The summed E-state index contributed by atoms with van der Waals surface area (Å²) in [5, 5.41) is 0. The van der Waals surface area contributed by atoms with Crippen LogP contribution < -0.4 is 4.74 Å². The first-order valence-electron chi connectivity index (χ1n) is 7.17. The molecule has 1 aromatic rings. The van der Waals surface area contributed by atoms with Gasteiger partial charge in [-0.15, -0.1) is 0 Å². The van der Waals surface area contributed by atoms with Crippen LogP contribution in [0, 0.1) is 5.82 Å². The van der Waals surface area contributed by atoms with Gasteiger partial charge in [0.2, 0.25) is 5.71 Å². The van der Waals surface area contributed by atoms with Crippen molar-refractivity contribution in [2.24, 2.45) is 4.40 Å². The van der Waals surface area contributed by atoms with Crippen LogP contribution in [-0.4, -0.2) is 29.3 Å². The van der Waals surface area contributed by atoms with Crippen molar-refractivity contribution in [3.8, 4) is 5.75 Å². The minimum absolute atomic E-state index is 0.155. The van der Waals surface area contributed by atoms with Crippen molar-refractivity contribution in [1.29, 1.82) is 0 Å². The molecule has 130 valence electrons. The quantitative estimate of drug-likeness (QED) is 0.300. The molecule has 3 nitrogen and oxygen atoms in total. The molecule has 1 unspecified atom stereocenters. The van der Waals surface area contributed by atoms with E-state index in [1.807, 2.05) is 0 Å². The lowest BCUT2D eigenvalue weighted by molar-refractivity contribution is -0.0580. The Morgan fingerprint density at radius 1 is 1.26 bits per heavy atom. The van der Waals surface area contributed by atoms with E-state index in [0.29, 0.717) is 6.61 Å². The third-order valence-corrected chi connectivity index (χ3v) is 3.39. The zero-order chi connectivity index (χ0) is 17.5. The van der Waals surface area contributed by atoms with E-state index in [2.05, 4.69) is 11.3 Å². The van der Waals surface area contributed by atoms with E-state index in [9.17, 15) is 22.1 Å². The summed E-state index contributed by atoms with van der Waals surface area (Å²) in [4.78, 5) is 0. The Balaban J connectivity index is 2.86. The predicted octanol–water partition coefficient (Wildman–Crippen LogP) is 4.43. The summed E-state index contributed by atoms with van der Waals surface area (Å²) in [6.07, 6.45) is -0.00406. The molecule has 0 amide bonds. The van der Waals surface area contributed by atoms with Crippen molar-refractivity contribution in [1.82, 2.24) is 0 Å². The fourth-order valence-electron chi connectivity index (χ4n) is 1.88. The van der Waals surface area contributed by atoms with Crippen LogP contribution in [0.3, 0.4) is 0 Å². The average molecular weight is 353 g/mol. The first kappa shape index (κ1) is 19.8. The maximum absolute atomic E-state index is 14.0. The van der Waals surface area contributed by atoms with Crippen LogP contribution in [0.2, 0.25) is 0 Å². The Hall–Kier alpha value is -1.28. The second-order valence-electron chi connectivity index (χ2n) is 4.91. The molecule has 1 aromatic carbocycles. The summed E-state index contributed by atoms with van der Waals surface area (Å²) in [5.41, 5.74) is -2.24. The Labute approximate surface area is 136 Å². The molecule has 23 heavy (non-hydrogen) atoms. The molecule has 0 N–H and O–H groups in total. The average Bonchev–Trinajstić information content (AvgIpc) is 2.44. The van der Waals surface area contributed by atoms with Crippen molar-refractivity contribution in [2.75, 3.05) is 12.9 Å². The highest BCUT2D eigenvalue weighted by molar-refractivity contribution is 7.89. The Morgan fingerprint density at radius 2 is 1.96 bits per heavy atom. The van der Waals surface area contributed by atoms with Crippen molar-refractivity contribution in [3.63, 3.8) is 0 Å². The molecule has 0 saturated heterocycles. The van der Waals surface area contributed by atoms with Gasteiger partial charge < -0.3 is 9.29 Å². The SMILES string of the molecule is CCCCCCOc1ccc(C(=N[S+](C)[O-])C(F)(F)F)c(F)c1. The molecule has 0 aliphatic carbocycles. The molecular formula is C15H19F4NO2S. The molecule has 0 heterocycles. The van der Waals surface area contributed by atoms with E-state index in [4.69, 9.17) is 4.74 Å². The Kier molecular flexibility index (Phi) is 7.84. The van der Waals surface area contributed by atoms with Gasteiger partial charge in [-0.3, -0.25) is 0 Å². The van der Waals surface area contributed by atoms with Gasteiger partial charge in [-0.05, 0) is 18.6 Å². The van der Waals surface area contributed by atoms with Crippen LogP contribution in [0.5, 0.6) is 5.75 Å². The van der Waals surface area contributed by atoms with Gasteiger partial charge in [0.05, 0.1) is 18.0 Å². The molecule has 8 heteroatoms. The second-order valence-corrected chi connectivity index (χ2v) is 5.94. The summed E-state index contributed by atoms with van der Waals surface area (Å²) in [7, 11) is 0. The van der Waals surface area contributed by atoms with Gasteiger partial charge in [0, 0.05) is 11.6 Å². The number of nitrogens with zero attached hydrogens (tertiary/aromatic N) is 1. The van der Waals surface area contributed by atoms with E-state index >= 15 is 0 Å². The van der Waals surface area contributed by atoms with Gasteiger partial charge >= 0.3 is 6.18 Å². The number of rotatable bonds is 8. The molecular weight excluding hydrogens is 334 g/mol. The van der Waals surface area contributed by atoms with Gasteiger partial charge in [0.15, 0.2) is 0 Å². The van der Waals surface area contributed by atoms with Crippen LogP contribution in [0.25, 0.3) is 0 Å². The van der Waals surface area contributed by atoms with Gasteiger partial charge in [-0.2, -0.15) is 13.2 Å². The molecule has 0 aliphatic rings. The third kappa shape index (κ3) is 6.78. The van der Waals surface area contributed by atoms with E-state index in [1.54, 1.807) is 0 Å². The zero-order valence-corrected chi connectivity index (χ0v) is 13.8. The molecule has 1 rings (SSSR count).